The molecule has 0 aromatic heterocycles. The average Bonchev–Trinajstić information content (AvgIpc) is 2.26. The average molecular weight is 216 g/mol. The van der Waals surface area contributed by atoms with Gasteiger partial charge in [-0.25, -0.2) is 4.85 Å². The van der Waals surface area contributed by atoms with Gasteiger partial charge in [0, 0.05) is 12.5 Å². The van der Waals surface area contributed by atoms with E-state index < -0.39 is 0 Å². The molecule has 0 aliphatic rings. The van der Waals surface area contributed by atoms with Gasteiger partial charge in [0.05, 0.1) is 6.57 Å². The fourth-order valence-corrected chi connectivity index (χ4v) is 1.43. The molecule has 0 fully saturated rings. The summed E-state index contributed by atoms with van der Waals surface area (Å²) in [5.41, 5.74) is 1.66. The SMILES string of the molecule is [C-]#[N+]c1cccc(CCC(=O)NC(C)C)c1. The van der Waals surface area contributed by atoms with Gasteiger partial charge >= 0.3 is 0 Å². The summed E-state index contributed by atoms with van der Waals surface area (Å²) >= 11 is 0. The maximum absolute atomic E-state index is 11.4. The lowest BCUT2D eigenvalue weighted by molar-refractivity contribution is -0.121. The fourth-order valence-electron chi connectivity index (χ4n) is 1.43. The van der Waals surface area contributed by atoms with Crippen molar-refractivity contribution < 1.29 is 4.79 Å². The molecule has 3 heteroatoms. The lowest BCUT2D eigenvalue weighted by Gasteiger charge is -2.08. The first-order chi connectivity index (χ1) is 7.61. The highest BCUT2D eigenvalue weighted by atomic mass is 16.1. The second-order valence-corrected chi connectivity index (χ2v) is 4.00. The van der Waals surface area contributed by atoms with E-state index in [1.807, 2.05) is 32.0 Å². The van der Waals surface area contributed by atoms with E-state index in [1.165, 1.54) is 0 Å². The van der Waals surface area contributed by atoms with E-state index >= 15 is 0 Å². The molecule has 0 aliphatic carbocycles. The molecular formula is C13H16N2O. The maximum atomic E-state index is 11.4. The van der Waals surface area contributed by atoms with E-state index in [4.69, 9.17) is 6.57 Å². The van der Waals surface area contributed by atoms with Crippen molar-refractivity contribution in [3.63, 3.8) is 0 Å². The van der Waals surface area contributed by atoms with Gasteiger partial charge in [-0.3, -0.25) is 4.79 Å². The first-order valence-corrected chi connectivity index (χ1v) is 5.37. The van der Waals surface area contributed by atoms with Crippen molar-refractivity contribution in [2.45, 2.75) is 32.7 Å². The molecule has 1 aromatic carbocycles. The van der Waals surface area contributed by atoms with Crippen LogP contribution in [0.5, 0.6) is 0 Å². The van der Waals surface area contributed by atoms with Crippen LogP contribution in [0.2, 0.25) is 0 Å². The molecule has 0 bridgehead atoms. The Morgan fingerprint density at radius 2 is 2.25 bits per heavy atom. The summed E-state index contributed by atoms with van der Waals surface area (Å²) in [6.45, 7) is 10.8. The smallest absolute Gasteiger partial charge is 0.220 e. The zero-order valence-electron chi connectivity index (χ0n) is 9.66. The first-order valence-electron chi connectivity index (χ1n) is 5.37. The van der Waals surface area contributed by atoms with E-state index in [2.05, 4.69) is 10.2 Å². The van der Waals surface area contributed by atoms with Crippen molar-refractivity contribution in [2.75, 3.05) is 0 Å². The summed E-state index contributed by atoms with van der Waals surface area (Å²) in [4.78, 5) is 14.8. The molecule has 3 nitrogen and oxygen atoms in total. The Morgan fingerprint density at radius 1 is 1.50 bits per heavy atom. The summed E-state index contributed by atoms with van der Waals surface area (Å²) < 4.78 is 0. The number of carbonyl (C=O) groups is 1. The number of hydrogen-bond acceptors (Lipinski definition) is 1. The Kier molecular flexibility index (Phi) is 4.53. The van der Waals surface area contributed by atoms with Crippen LogP contribution in [0.3, 0.4) is 0 Å². The van der Waals surface area contributed by atoms with Gasteiger partial charge < -0.3 is 5.32 Å². The standard InChI is InChI=1S/C13H16N2O/c1-10(2)15-13(16)8-7-11-5-4-6-12(9-11)14-3/h4-6,9-10H,7-8H2,1-2H3,(H,15,16). The number of benzene rings is 1. The Hall–Kier alpha value is -1.82. The number of amides is 1. The second kappa shape index (κ2) is 5.92. The van der Waals surface area contributed by atoms with Crippen LogP contribution in [-0.4, -0.2) is 11.9 Å². The first kappa shape index (κ1) is 12.3. The lowest BCUT2D eigenvalue weighted by Crippen LogP contribution is -2.30. The Labute approximate surface area is 96.3 Å². The van der Waals surface area contributed by atoms with Crippen LogP contribution in [0.15, 0.2) is 24.3 Å². The van der Waals surface area contributed by atoms with E-state index in [0.29, 0.717) is 18.5 Å². The highest BCUT2D eigenvalue weighted by Gasteiger charge is 2.03. The molecule has 1 N–H and O–H groups in total. The molecule has 0 radical (unpaired) electrons. The van der Waals surface area contributed by atoms with Crippen molar-refractivity contribution >= 4 is 11.6 Å². The van der Waals surface area contributed by atoms with E-state index in [-0.39, 0.29) is 11.9 Å². The van der Waals surface area contributed by atoms with Gasteiger partial charge in [-0.05, 0) is 20.3 Å². The zero-order chi connectivity index (χ0) is 12.0. The number of nitrogens with one attached hydrogen (secondary N) is 1. The van der Waals surface area contributed by atoms with Gasteiger partial charge in [-0.1, -0.05) is 29.8 Å². The van der Waals surface area contributed by atoms with Gasteiger partial charge in [0.15, 0.2) is 5.69 Å². The topological polar surface area (TPSA) is 33.5 Å². The Bertz CT molecular complexity index is 405. The third kappa shape index (κ3) is 4.14. The molecule has 0 aliphatic heterocycles. The molecule has 1 aromatic rings. The number of carbonyl (C=O) groups excluding carboxylic acids is 1. The molecule has 0 atom stereocenters. The van der Waals surface area contributed by atoms with Gasteiger partial charge in [-0.15, -0.1) is 0 Å². The van der Waals surface area contributed by atoms with Gasteiger partial charge in [0.25, 0.3) is 0 Å². The zero-order valence-corrected chi connectivity index (χ0v) is 9.66. The van der Waals surface area contributed by atoms with Gasteiger partial charge in [0.1, 0.15) is 0 Å². The summed E-state index contributed by atoms with van der Waals surface area (Å²) in [6.07, 6.45) is 1.15. The predicted octanol–water partition coefficient (Wildman–Crippen LogP) is 2.69. The minimum Gasteiger partial charge on any atom is -0.354 e. The molecule has 1 rings (SSSR count). The molecule has 0 heterocycles. The highest BCUT2D eigenvalue weighted by molar-refractivity contribution is 5.76. The second-order valence-electron chi connectivity index (χ2n) is 4.00. The molecule has 0 saturated heterocycles. The number of hydrogen-bond donors (Lipinski definition) is 1. The van der Waals surface area contributed by atoms with Crippen molar-refractivity contribution in [3.8, 4) is 0 Å². The number of rotatable bonds is 4. The minimum atomic E-state index is 0.0585. The normalized spacial score (nSPS) is 9.88. The van der Waals surface area contributed by atoms with Crippen molar-refractivity contribution in [1.82, 2.24) is 5.32 Å². The van der Waals surface area contributed by atoms with Crippen LogP contribution in [0, 0.1) is 6.57 Å². The third-order valence-corrected chi connectivity index (χ3v) is 2.13. The molecule has 0 unspecified atom stereocenters. The summed E-state index contributed by atoms with van der Waals surface area (Å²) in [5, 5.41) is 2.84. The summed E-state index contributed by atoms with van der Waals surface area (Å²) in [5.74, 6) is 0.0585. The van der Waals surface area contributed by atoms with Crippen LogP contribution in [0.25, 0.3) is 4.85 Å². The molecule has 0 spiro atoms. The summed E-state index contributed by atoms with van der Waals surface area (Å²) in [7, 11) is 0. The predicted molar refractivity (Wildman–Crippen MR) is 64.3 cm³/mol. The molecule has 1 amide bonds. The van der Waals surface area contributed by atoms with Crippen molar-refractivity contribution in [1.29, 1.82) is 0 Å². The van der Waals surface area contributed by atoms with Crippen LogP contribution in [0.4, 0.5) is 5.69 Å². The van der Waals surface area contributed by atoms with Crippen LogP contribution >= 0.6 is 0 Å². The summed E-state index contributed by atoms with van der Waals surface area (Å²) in [6, 6.07) is 7.57. The largest absolute Gasteiger partial charge is 0.354 e. The number of nitrogens with zero attached hydrogens (tertiary/aromatic N) is 1. The van der Waals surface area contributed by atoms with E-state index in [0.717, 1.165) is 5.56 Å². The maximum Gasteiger partial charge on any atom is 0.220 e. The van der Waals surface area contributed by atoms with Crippen molar-refractivity contribution in [3.05, 3.63) is 41.2 Å². The van der Waals surface area contributed by atoms with Crippen molar-refractivity contribution in [2.24, 2.45) is 0 Å². The van der Waals surface area contributed by atoms with Crippen LogP contribution in [0.1, 0.15) is 25.8 Å². The fraction of sp³-hybridized carbons (Fsp3) is 0.385. The quantitative estimate of drug-likeness (QED) is 0.771. The third-order valence-electron chi connectivity index (χ3n) is 2.13. The highest BCUT2D eigenvalue weighted by Crippen LogP contribution is 2.14. The molecule has 16 heavy (non-hydrogen) atoms. The number of aryl methyl sites for hydroxylation is 1. The van der Waals surface area contributed by atoms with Crippen LogP contribution in [-0.2, 0) is 11.2 Å². The lowest BCUT2D eigenvalue weighted by atomic mass is 10.1. The van der Waals surface area contributed by atoms with E-state index in [1.54, 1.807) is 6.07 Å². The van der Waals surface area contributed by atoms with Crippen LogP contribution < -0.4 is 5.32 Å². The Morgan fingerprint density at radius 3 is 2.88 bits per heavy atom. The Balaban J connectivity index is 2.49. The van der Waals surface area contributed by atoms with Gasteiger partial charge in [0.2, 0.25) is 5.91 Å². The molecule has 0 saturated carbocycles. The molecular weight excluding hydrogens is 200 g/mol. The van der Waals surface area contributed by atoms with E-state index in [9.17, 15) is 4.79 Å². The monoisotopic (exact) mass is 216 g/mol. The van der Waals surface area contributed by atoms with Gasteiger partial charge in [-0.2, -0.15) is 0 Å². The molecule has 84 valence electrons. The minimum absolute atomic E-state index is 0.0585.